The molecule has 1 saturated heterocycles. The van der Waals surface area contributed by atoms with Gasteiger partial charge in [0.25, 0.3) is 0 Å². The molecule has 0 bridgehead atoms. The fourth-order valence-electron chi connectivity index (χ4n) is 2.95. The molecule has 4 nitrogen and oxygen atoms in total. The van der Waals surface area contributed by atoms with E-state index < -0.39 is 0 Å². The van der Waals surface area contributed by atoms with Gasteiger partial charge >= 0.3 is 0 Å². The average molecular weight is 240 g/mol. The normalized spacial score (nSPS) is 29.3. The Morgan fingerprint density at radius 1 is 1.53 bits per heavy atom. The lowest BCUT2D eigenvalue weighted by molar-refractivity contribution is -0.125. The first-order valence-corrected chi connectivity index (χ1v) is 6.74. The van der Waals surface area contributed by atoms with Crippen LogP contribution < -0.4 is 10.6 Å². The molecule has 1 saturated carbocycles. The highest BCUT2D eigenvalue weighted by Gasteiger charge is 2.38. The van der Waals surface area contributed by atoms with Crippen LogP contribution in [0.5, 0.6) is 0 Å². The summed E-state index contributed by atoms with van der Waals surface area (Å²) < 4.78 is 5.62. The summed E-state index contributed by atoms with van der Waals surface area (Å²) in [5, 5.41) is 6.34. The molecule has 2 atom stereocenters. The van der Waals surface area contributed by atoms with E-state index in [2.05, 4.69) is 17.6 Å². The Kier molecular flexibility index (Phi) is 4.05. The lowest BCUT2D eigenvalue weighted by Crippen LogP contribution is -2.53. The van der Waals surface area contributed by atoms with Gasteiger partial charge in [0.05, 0.1) is 11.6 Å². The molecule has 2 rings (SSSR count). The molecular formula is C13H24N2O2. The lowest BCUT2D eigenvalue weighted by atomic mass is 9.76. The fourth-order valence-corrected chi connectivity index (χ4v) is 2.95. The first kappa shape index (κ1) is 12.8. The zero-order valence-electron chi connectivity index (χ0n) is 10.9. The maximum atomic E-state index is 11.6. The second-order valence-corrected chi connectivity index (χ2v) is 5.50. The lowest BCUT2D eigenvalue weighted by Gasteiger charge is -2.43. The Labute approximate surface area is 103 Å². The molecule has 2 aliphatic rings. The van der Waals surface area contributed by atoms with E-state index in [1.165, 1.54) is 6.42 Å². The van der Waals surface area contributed by atoms with Crippen LogP contribution in [0.3, 0.4) is 0 Å². The molecule has 4 heteroatoms. The molecule has 17 heavy (non-hydrogen) atoms. The van der Waals surface area contributed by atoms with Gasteiger partial charge in [-0.15, -0.1) is 0 Å². The van der Waals surface area contributed by atoms with Gasteiger partial charge in [0, 0.05) is 19.7 Å². The van der Waals surface area contributed by atoms with Crippen molar-refractivity contribution in [2.24, 2.45) is 0 Å². The zero-order chi connectivity index (χ0) is 12.3. The van der Waals surface area contributed by atoms with Gasteiger partial charge < -0.3 is 15.4 Å². The number of piperidine rings is 1. The third-order valence-electron chi connectivity index (χ3n) is 4.15. The number of carbonyl (C=O) groups excluding carboxylic acids is 1. The molecule has 1 amide bonds. The number of nitrogens with one attached hydrogen (secondary N) is 2. The molecule has 0 radical (unpaired) electrons. The molecule has 1 unspecified atom stereocenters. The van der Waals surface area contributed by atoms with Gasteiger partial charge in [0.15, 0.2) is 0 Å². The molecule has 0 spiro atoms. The van der Waals surface area contributed by atoms with Crippen molar-refractivity contribution in [2.45, 2.75) is 63.1 Å². The maximum absolute atomic E-state index is 11.6. The standard InChI is InChI=1S/C13H24N2O2/c1-10(9-13(17-2)6-4-7-13)15-11-5-3-8-14-12(11)16/h10-11,15H,3-9H2,1-2H3,(H,14,16)/t10?,11-/m0/s1. The third-order valence-corrected chi connectivity index (χ3v) is 4.15. The third kappa shape index (κ3) is 2.99. The van der Waals surface area contributed by atoms with E-state index in [1.54, 1.807) is 7.11 Å². The van der Waals surface area contributed by atoms with Crippen LogP contribution in [0.25, 0.3) is 0 Å². The van der Waals surface area contributed by atoms with E-state index >= 15 is 0 Å². The second kappa shape index (κ2) is 5.36. The Hall–Kier alpha value is -0.610. The predicted octanol–water partition coefficient (Wildman–Crippen LogP) is 1.20. The van der Waals surface area contributed by atoms with Gasteiger partial charge in [-0.3, -0.25) is 4.79 Å². The molecular weight excluding hydrogens is 216 g/mol. The Bertz CT molecular complexity index is 271. The van der Waals surface area contributed by atoms with Gasteiger partial charge in [-0.05, 0) is 45.4 Å². The van der Waals surface area contributed by atoms with Gasteiger partial charge in [-0.2, -0.15) is 0 Å². The highest BCUT2D eigenvalue weighted by Crippen LogP contribution is 2.38. The molecule has 1 aliphatic heterocycles. The van der Waals surface area contributed by atoms with Gasteiger partial charge in [-0.25, -0.2) is 0 Å². The van der Waals surface area contributed by atoms with Gasteiger partial charge in [0.1, 0.15) is 0 Å². The molecule has 0 aromatic heterocycles. The SMILES string of the molecule is COC1(CC(C)N[C@H]2CCCNC2=O)CCC1. The molecule has 1 aliphatic carbocycles. The summed E-state index contributed by atoms with van der Waals surface area (Å²) >= 11 is 0. The van der Waals surface area contributed by atoms with Crippen LogP contribution in [0.2, 0.25) is 0 Å². The van der Waals surface area contributed by atoms with Crippen molar-refractivity contribution in [1.29, 1.82) is 0 Å². The van der Waals surface area contributed by atoms with E-state index in [4.69, 9.17) is 4.74 Å². The highest BCUT2D eigenvalue weighted by molar-refractivity contribution is 5.82. The van der Waals surface area contributed by atoms with Crippen molar-refractivity contribution in [3.63, 3.8) is 0 Å². The molecule has 0 aromatic carbocycles. The Morgan fingerprint density at radius 2 is 2.29 bits per heavy atom. The average Bonchev–Trinajstić information content (AvgIpc) is 2.27. The summed E-state index contributed by atoms with van der Waals surface area (Å²) in [5.41, 5.74) is 0.0809. The van der Waals surface area contributed by atoms with Crippen LogP contribution in [0.4, 0.5) is 0 Å². The predicted molar refractivity (Wildman–Crippen MR) is 66.8 cm³/mol. The number of hydrogen-bond donors (Lipinski definition) is 2. The zero-order valence-corrected chi connectivity index (χ0v) is 10.9. The van der Waals surface area contributed by atoms with Crippen LogP contribution in [0.1, 0.15) is 45.4 Å². The van der Waals surface area contributed by atoms with Crippen LogP contribution in [-0.2, 0) is 9.53 Å². The molecule has 2 N–H and O–H groups in total. The van der Waals surface area contributed by atoms with Gasteiger partial charge in [-0.1, -0.05) is 0 Å². The summed E-state index contributed by atoms with van der Waals surface area (Å²) in [6.07, 6.45) is 6.62. The summed E-state index contributed by atoms with van der Waals surface area (Å²) in [6.45, 7) is 2.98. The van der Waals surface area contributed by atoms with E-state index in [1.807, 2.05) is 0 Å². The smallest absolute Gasteiger partial charge is 0.237 e. The minimum Gasteiger partial charge on any atom is -0.378 e. The van der Waals surface area contributed by atoms with Gasteiger partial charge in [0.2, 0.25) is 5.91 Å². The number of ether oxygens (including phenoxy) is 1. The fraction of sp³-hybridized carbons (Fsp3) is 0.923. The first-order chi connectivity index (χ1) is 8.15. The molecule has 0 aromatic rings. The van der Waals surface area contributed by atoms with Crippen LogP contribution in [0.15, 0.2) is 0 Å². The van der Waals surface area contributed by atoms with Crippen molar-refractivity contribution < 1.29 is 9.53 Å². The summed E-state index contributed by atoms with van der Waals surface area (Å²) in [6, 6.07) is 0.330. The van der Waals surface area contributed by atoms with Crippen LogP contribution >= 0.6 is 0 Å². The number of hydrogen-bond acceptors (Lipinski definition) is 3. The highest BCUT2D eigenvalue weighted by atomic mass is 16.5. The molecule has 98 valence electrons. The Balaban J connectivity index is 1.79. The topological polar surface area (TPSA) is 50.4 Å². The largest absolute Gasteiger partial charge is 0.378 e. The second-order valence-electron chi connectivity index (χ2n) is 5.50. The Morgan fingerprint density at radius 3 is 2.82 bits per heavy atom. The summed E-state index contributed by atoms with van der Waals surface area (Å²) in [7, 11) is 1.80. The van der Waals surface area contributed by atoms with Crippen molar-refractivity contribution in [2.75, 3.05) is 13.7 Å². The first-order valence-electron chi connectivity index (χ1n) is 6.74. The minimum atomic E-state index is -0.00673. The van der Waals surface area contributed by atoms with Crippen molar-refractivity contribution in [1.82, 2.24) is 10.6 Å². The van der Waals surface area contributed by atoms with E-state index in [9.17, 15) is 4.79 Å². The summed E-state index contributed by atoms with van der Waals surface area (Å²) in [5.74, 6) is 0.156. The monoisotopic (exact) mass is 240 g/mol. The number of amides is 1. The summed E-state index contributed by atoms with van der Waals surface area (Å²) in [4.78, 5) is 11.6. The van der Waals surface area contributed by atoms with E-state index in [0.717, 1.165) is 38.6 Å². The van der Waals surface area contributed by atoms with E-state index in [-0.39, 0.29) is 17.6 Å². The molecule has 1 heterocycles. The van der Waals surface area contributed by atoms with Crippen LogP contribution in [-0.4, -0.2) is 37.2 Å². The maximum Gasteiger partial charge on any atom is 0.237 e. The van der Waals surface area contributed by atoms with E-state index in [0.29, 0.717) is 6.04 Å². The van der Waals surface area contributed by atoms with Crippen molar-refractivity contribution >= 4 is 5.91 Å². The number of methoxy groups -OCH3 is 1. The van der Waals surface area contributed by atoms with Crippen molar-refractivity contribution in [3.8, 4) is 0 Å². The number of rotatable bonds is 5. The van der Waals surface area contributed by atoms with Crippen LogP contribution in [0, 0.1) is 0 Å². The quantitative estimate of drug-likeness (QED) is 0.759. The van der Waals surface area contributed by atoms with Crippen molar-refractivity contribution in [3.05, 3.63) is 0 Å². The number of carbonyl (C=O) groups is 1. The molecule has 2 fully saturated rings. The minimum absolute atomic E-state index is 0.00673.